The Morgan fingerprint density at radius 1 is 1.29 bits per heavy atom. The number of ether oxygens (including phenoxy) is 2. The Hall–Kier alpha value is -3.70. The Balaban J connectivity index is 1.68. The minimum Gasteiger partial charge on any atom is -0.496 e. The van der Waals surface area contributed by atoms with Crippen LogP contribution in [-0.2, 0) is 9.53 Å². The number of carbonyl (C=O) groups is 1. The van der Waals surface area contributed by atoms with Crippen molar-refractivity contribution in [3.63, 3.8) is 0 Å². The number of halogens is 1. The number of hydrogen-bond donors (Lipinski definition) is 1. The third-order valence-electron chi connectivity index (χ3n) is 5.64. The van der Waals surface area contributed by atoms with Crippen molar-refractivity contribution >= 4 is 22.6 Å². The molecule has 3 heterocycles. The normalized spacial score (nSPS) is 14.5. The monoisotopic (exact) mass is 462 g/mol. The molecule has 0 atom stereocenters. The van der Waals surface area contributed by atoms with Gasteiger partial charge in [-0.05, 0) is 62.6 Å². The summed E-state index contributed by atoms with van der Waals surface area (Å²) in [5.41, 5.74) is 3.39. The van der Waals surface area contributed by atoms with E-state index in [0.29, 0.717) is 58.7 Å². The molecule has 1 aliphatic heterocycles. The van der Waals surface area contributed by atoms with Crippen LogP contribution in [0.2, 0.25) is 0 Å². The van der Waals surface area contributed by atoms with Crippen LogP contribution in [-0.4, -0.2) is 53.2 Å². The number of esters is 1. The maximum Gasteiger partial charge on any atom is 0.320 e. The van der Waals surface area contributed by atoms with E-state index in [-0.39, 0.29) is 12.5 Å². The van der Waals surface area contributed by atoms with Gasteiger partial charge in [0.1, 0.15) is 28.9 Å². The molecule has 2 aromatic heterocycles. The van der Waals surface area contributed by atoms with E-state index in [1.54, 1.807) is 18.3 Å². The fourth-order valence-electron chi connectivity index (χ4n) is 4.22. The second-order valence-electron chi connectivity index (χ2n) is 9.21. The molecule has 3 aromatic rings. The van der Waals surface area contributed by atoms with E-state index in [1.165, 1.54) is 19.2 Å². The fourth-order valence-corrected chi connectivity index (χ4v) is 4.22. The number of fused-ring (bicyclic) bond motifs is 1. The summed E-state index contributed by atoms with van der Waals surface area (Å²) in [6.07, 6.45) is 4.30. The molecule has 0 unspecified atom stereocenters. The first-order chi connectivity index (χ1) is 16.2. The number of H-pyrrole nitrogens is 1. The zero-order valence-electron chi connectivity index (χ0n) is 19.7. The number of aromatic amines is 1. The summed E-state index contributed by atoms with van der Waals surface area (Å²) in [6.45, 7) is 6.97. The zero-order valence-corrected chi connectivity index (χ0v) is 19.7. The Bertz CT molecular complexity index is 1310. The number of benzene rings is 1. The number of carbonyl (C=O) groups excluding carboxylic acids is 1. The van der Waals surface area contributed by atoms with Crippen LogP contribution < -0.4 is 4.74 Å². The lowest BCUT2D eigenvalue weighted by molar-refractivity contribution is -0.156. The van der Waals surface area contributed by atoms with E-state index >= 15 is 0 Å². The van der Waals surface area contributed by atoms with E-state index in [4.69, 9.17) is 9.47 Å². The Morgan fingerprint density at radius 3 is 2.74 bits per heavy atom. The summed E-state index contributed by atoms with van der Waals surface area (Å²) in [5.74, 6) is -0.143. The molecule has 8 heteroatoms. The number of methoxy groups -OCH3 is 1. The molecule has 34 heavy (non-hydrogen) atoms. The third kappa shape index (κ3) is 4.80. The number of nitriles is 1. The molecular formula is C26H27FN4O3. The highest BCUT2D eigenvalue weighted by atomic mass is 19.1. The number of nitrogens with zero attached hydrogens (tertiary/aromatic N) is 3. The van der Waals surface area contributed by atoms with Gasteiger partial charge in [-0.15, -0.1) is 0 Å². The number of pyridine rings is 1. The lowest BCUT2D eigenvalue weighted by atomic mass is 9.96. The average Bonchev–Trinajstić information content (AvgIpc) is 3.17. The average molecular weight is 463 g/mol. The van der Waals surface area contributed by atoms with Crippen molar-refractivity contribution < 1.29 is 18.7 Å². The number of aromatic nitrogens is 2. The second-order valence-corrected chi connectivity index (χ2v) is 9.21. The van der Waals surface area contributed by atoms with Crippen LogP contribution in [0.3, 0.4) is 0 Å². The molecule has 7 nitrogen and oxygen atoms in total. The molecule has 176 valence electrons. The number of rotatable bonds is 5. The van der Waals surface area contributed by atoms with E-state index in [2.05, 4.69) is 16.0 Å². The molecule has 0 fully saturated rings. The highest BCUT2D eigenvalue weighted by molar-refractivity contribution is 6.01. The largest absolute Gasteiger partial charge is 0.496 e. The molecule has 0 saturated heterocycles. The SMILES string of the molecule is COc1ccc(F)cc1-c1ccnc2[nH]c(C3=CCN(CC(=O)OC(C)(C)C)CC3)c(C#N)c12. The Labute approximate surface area is 197 Å². The molecular weight excluding hydrogens is 435 g/mol. The van der Waals surface area contributed by atoms with Gasteiger partial charge in [-0.1, -0.05) is 6.08 Å². The Morgan fingerprint density at radius 2 is 2.09 bits per heavy atom. The van der Waals surface area contributed by atoms with Gasteiger partial charge in [-0.3, -0.25) is 9.69 Å². The summed E-state index contributed by atoms with van der Waals surface area (Å²) in [6, 6.07) is 8.38. The van der Waals surface area contributed by atoms with Crippen LogP contribution in [0.1, 0.15) is 38.4 Å². The quantitative estimate of drug-likeness (QED) is 0.554. The second kappa shape index (κ2) is 9.27. The molecule has 0 amide bonds. The van der Waals surface area contributed by atoms with E-state index in [9.17, 15) is 14.4 Å². The summed E-state index contributed by atoms with van der Waals surface area (Å²) in [7, 11) is 1.53. The summed E-state index contributed by atoms with van der Waals surface area (Å²) < 4.78 is 24.9. The van der Waals surface area contributed by atoms with Gasteiger partial charge < -0.3 is 14.5 Å². The van der Waals surface area contributed by atoms with Crippen LogP contribution in [0.15, 0.2) is 36.5 Å². The minimum atomic E-state index is -0.519. The summed E-state index contributed by atoms with van der Waals surface area (Å²) in [5, 5.41) is 10.7. The molecule has 1 aromatic carbocycles. The van der Waals surface area contributed by atoms with Crippen LogP contribution in [0.5, 0.6) is 5.75 Å². The van der Waals surface area contributed by atoms with Crippen LogP contribution in [0.4, 0.5) is 4.39 Å². The van der Waals surface area contributed by atoms with Crippen molar-refractivity contribution in [1.29, 1.82) is 5.26 Å². The van der Waals surface area contributed by atoms with Gasteiger partial charge in [-0.2, -0.15) is 5.26 Å². The molecule has 0 aliphatic carbocycles. The zero-order chi connectivity index (χ0) is 24.5. The predicted octanol–water partition coefficient (Wildman–Crippen LogP) is 4.68. The maximum atomic E-state index is 14.1. The van der Waals surface area contributed by atoms with Gasteiger partial charge in [0, 0.05) is 30.2 Å². The van der Waals surface area contributed by atoms with Crippen molar-refractivity contribution in [3.05, 3.63) is 53.6 Å². The molecule has 0 radical (unpaired) electrons. The Kier molecular flexibility index (Phi) is 6.40. The molecule has 1 N–H and O–H groups in total. The van der Waals surface area contributed by atoms with Gasteiger partial charge in [0.15, 0.2) is 0 Å². The van der Waals surface area contributed by atoms with Crippen molar-refractivity contribution in [1.82, 2.24) is 14.9 Å². The number of hydrogen-bond acceptors (Lipinski definition) is 6. The van der Waals surface area contributed by atoms with Crippen molar-refractivity contribution in [2.75, 3.05) is 26.7 Å². The molecule has 0 saturated carbocycles. The predicted molar refractivity (Wildman–Crippen MR) is 128 cm³/mol. The minimum absolute atomic E-state index is 0.212. The third-order valence-corrected chi connectivity index (χ3v) is 5.64. The first-order valence-electron chi connectivity index (χ1n) is 11.1. The lowest BCUT2D eigenvalue weighted by Crippen LogP contribution is -2.37. The van der Waals surface area contributed by atoms with Crippen molar-refractivity contribution in [3.8, 4) is 22.9 Å². The van der Waals surface area contributed by atoms with Crippen LogP contribution >= 0.6 is 0 Å². The number of nitrogens with one attached hydrogen (secondary N) is 1. The lowest BCUT2D eigenvalue weighted by Gasteiger charge is -2.27. The molecule has 0 bridgehead atoms. The molecule has 4 rings (SSSR count). The van der Waals surface area contributed by atoms with Gasteiger partial charge >= 0.3 is 5.97 Å². The van der Waals surface area contributed by atoms with Gasteiger partial charge in [0.25, 0.3) is 0 Å². The smallest absolute Gasteiger partial charge is 0.320 e. The standard InChI is InChI=1S/C26H27FN4O3/c1-26(2,3)34-22(32)15-31-11-8-16(9-12-31)24-20(14-28)23-18(7-10-29-25(23)30-24)19-13-17(27)5-6-21(19)33-4/h5-8,10,13H,9,11-12,15H2,1-4H3,(H,29,30). The molecule has 1 aliphatic rings. The highest BCUT2D eigenvalue weighted by Gasteiger charge is 2.24. The van der Waals surface area contributed by atoms with Crippen LogP contribution in [0.25, 0.3) is 27.7 Å². The fraction of sp³-hybridized carbons (Fsp3) is 0.346. The van der Waals surface area contributed by atoms with E-state index in [1.807, 2.05) is 31.7 Å². The van der Waals surface area contributed by atoms with Gasteiger partial charge in [0.2, 0.25) is 0 Å². The highest BCUT2D eigenvalue weighted by Crippen LogP contribution is 2.39. The van der Waals surface area contributed by atoms with Gasteiger partial charge in [-0.25, -0.2) is 9.37 Å². The van der Waals surface area contributed by atoms with Crippen molar-refractivity contribution in [2.24, 2.45) is 0 Å². The summed E-state index contributed by atoms with van der Waals surface area (Å²) in [4.78, 5) is 21.9. The first-order valence-corrected chi connectivity index (χ1v) is 11.1. The van der Waals surface area contributed by atoms with Crippen molar-refractivity contribution in [2.45, 2.75) is 32.8 Å². The molecule has 0 spiro atoms. The van der Waals surface area contributed by atoms with Gasteiger partial charge in [0.05, 0.1) is 24.9 Å². The topological polar surface area (TPSA) is 91.2 Å². The van der Waals surface area contributed by atoms with Crippen LogP contribution in [0, 0.1) is 17.1 Å². The first kappa shape index (κ1) is 23.5. The van der Waals surface area contributed by atoms with E-state index < -0.39 is 11.4 Å². The maximum absolute atomic E-state index is 14.1. The summed E-state index contributed by atoms with van der Waals surface area (Å²) >= 11 is 0. The van der Waals surface area contributed by atoms with E-state index in [0.717, 1.165) is 5.57 Å².